The van der Waals surface area contributed by atoms with Gasteiger partial charge >= 0.3 is 5.97 Å². The van der Waals surface area contributed by atoms with Gasteiger partial charge in [0.05, 0.1) is 12.0 Å². The number of nitrogens with zero attached hydrogens (tertiary/aromatic N) is 3. The van der Waals surface area contributed by atoms with E-state index in [1.165, 1.54) is 0 Å². The van der Waals surface area contributed by atoms with E-state index in [9.17, 15) is 9.90 Å². The molecule has 0 aliphatic carbocycles. The molecule has 4 heterocycles. The summed E-state index contributed by atoms with van der Waals surface area (Å²) in [4.78, 5) is 24.1. The van der Waals surface area contributed by atoms with Crippen LogP contribution >= 0.6 is 0 Å². The topological polar surface area (TPSA) is 81.7 Å². The van der Waals surface area contributed by atoms with Crippen LogP contribution in [0.5, 0.6) is 0 Å². The van der Waals surface area contributed by atoms with Crippen molar-refractivity contribution in [2.75, 3.05) is 39.4 Å². The first-order valence-electron chi connectivity index (χ1n) is 8.43. The second kappa shape index (κ2) is 5.89. The molecule has 3 fully saturated rings. The summed E-state index contributed by atoms with van der Waals surface area (Å²) >= 11 is 0. The fourth-order valence-electron chi connectivity index (χ4n) is 4.56. The highest BCUT2D eigenvalue weighted by Gasteiger charge is 2.58. The molecule has 0 unspecified atom stereocenters. The zero-order valence-electron chi connectivity index (χ0n) is 13.3. The number of aliphatic carboxylic acids is 1. The van der Waals surface area contributed by atoms with Crippen LogP contribution in [0.15, 0.2) is 12.4 Å². The zero-order chi connectivity index (χ0) is 15.9. The smallest absolute Gasteiger partial charge is 0.312 e. The number of rotatable bonds is 4. The molecule has 126 valence electrons. The Morgan fingerprint density at radius 3 is 2.87 bits per heavy atom. The van der Waals surface area contributed by atoms with E-state index >= 15 is 0 Å². The number of imidazole rings is 1. The lowest BCUT2D eigenvalue weighted by molar-refractivity contribution is -0.149. The molecule has 2 N–H and O–H groups in total. The number of aromatic amines is 1. The Morgan fingerprint density at radius 2 is 2.22 bits per heavy atom. The molecule has 0 spiro atoms. The van der Waals surface area contributed by atoms with Gasteiger partial charge in [-0.15, -0.1) is 0 Å². The highest BCUT2D eigenvalue weighted by molar-refractivity contribution is 5.77. The summed E-state index contributed by atoms with van der Waals surface area (Å²) in [5.74, 6) is 0.476. The molecule has 3 saturated heterocycles. The third-order valence-corrected chi connectivity index (χ3v) is 5.77. The summed E-state index contributed by atoms with van der Waals surface area (Å²) in [5, 5.41) is 9.93. The van der Waals surface area contributed by atoms with Crippen LogP contribution in [-0.2, 0) is 16.1 Å². The Bertz CT molecular complexity index is 558. The van der Waals surface area contributed by atoms with Gasteiger partial charge in [0.1, 0.15) is 5.82 Å². The molecular weight excluding hydrogens is 296 g/mol. The second-order valence-corrected chi connectivity index (χ2v) is 7.14. The Morgan fingerprint density at radius 1 is 1.39 bits per heavy atom. The lowest BCUT2D eigenvalue weighted by Crippen LogP contribution is -2.44. The maximum absolute atomic E-state index is 12.1. The number of carboxylic acid groups (broad SMARTS) is 1. The number of hydrogen-bond acceptors (Lipinski definition) is 5. The van der Waals surface area contributed by atoms with Gasteiger partial charge in [0.15, 0.2) is 0 Å². The van der Waals surface area contributed by atoms with Crippen LogP contribution in [0.25, 0.3) is 0 Å². The molecule has 1 aromatic rings. The largest absolute Gasteiger partial charge is 0.481 e. The molecule has 0 aromatic carbocycles. The lowest BCUT2D eigenvalue weighted by Gasteiger charge is -2.33. The van der Waals surface area contributed by atoms with Gasteiger partial charge in [-0.2, -0.15) is 0 Å². The van der Waals surface area contributed by atoms with Crippen molar-refractivity contribution in [1.82, 2.24) is 19.8 Å². The standard InChI is InChI=1S/C16H24N4O3/c21-15(22)16-10-19(9-14-17-3-4-18-14)7-12(16)8-20(11-16)13-1-5-23-6-2-13/h3-4,12-13H,1-2,5-11H2,(H,17,18)(H,21,22)/t12-,16-/m0/s1. The van der Waals surface area contributed by atoms with Crippen molar-refractivity contribution in [1.29, 1.82) is 0 Å². The summed E-state index contributed by atoms with van der Waals surface area (Å²) in [6, 6.07) is 0.490. The summed E-state index contributed by atoms with van der Waals surface area (Å²) in [6.45, 7) is 5.33. The predicted octanol–water partition coefficient (Wildman–Crippen LogP) is 0.407. The van der Waals surface area contributed by atoms with E-state index in [1.807, 2.05) is 6.20 Å². The number of hydrogen-bond donors (Lipinski definition) is 2. The molecule has 2 atom stereocenters. The maximum Gasteiger partial charge on any atom is 0.312 e. The molecule has 3 aliphatic heterocycles. The van der Waals surface area contributed by atoms with Crippen molar-refractivity contribution < 1.29 is 14.6 Å². The number of carbonyl (C=O) groups is 1. The zero-order valence-corrected chi connectivity index (χ0v) is 13.3. The van der Waals surface area contributed by atoms with Crippen molar-refractivity contribution in [3.63, 3.8) is 0 Å². The first kappa shape index (κ1) is 15.1. The van der Waals surface area contributed by atoms with E-state index in [2.05, 4.69) is 19.8 Å². The molecule has 0 radical (unpaired) electrons. The minimum atomic E-state index is -0.640. The van der Waals surface area contributed by atoms with Crippen molar-refractivity contribution in [2.24, 2.45) is 11.3 Å². The van der Waals surface area contributed by atoms with Crippen LogP contribution in [0.3, 0.4) is 0 Å². The van der Waals surface area contributed by atoms with Gasteiger partial charge in [-0.05, 0) is 12.8 Å². The Labute approximate surface area is 135 Å². The molecular formula is C16H24N4O3. The number of nitrogens with one attached hydrogen (secondary N) is 1. The van der Waals surface area contributed by atoms with Crippen LogP contribution in [0.1, 0.15) is 18.7 Å². The number of likely N-dealkylation sites (tertiary alicyclic amines) is 2. The highest BCUT2D eigenvalue weighted by atomic mass is 16.5. The third kappa shape index (κ3) is 2.66. The molecule has 0 saturated carbocycles. The first-order chi connectivity index (χ1) is 11.2. The fourth-order valence-corrected chi connectivity index (χ4v) is 4.56. The van der Waals surface area contributed by atoms with E-state index in [0.717, 1.165) is 45.0 Å². The van der Waals surface area contributed by atoms with E-state index in [-0.39, 0.29) is 5.92 Å². The normalized spacial score (nSPS) is 33.1. The summed E-state index contributed by atoms with van der Waals surface area (Å²) in [7, 11) is 0. The van der Waals surface area contributed by atoms with Gasteiger partial charge in [0, 0.05) is 63.7 Å². The minimum absolute atomic E-state index is 0.206. The van der Waals surface area contributed by atoms with Gasteiger partial charge in [-0.3, -0.25) is 14.6 Å². The quantitative estimate of drug-likeness (QED) is 0.836. The molecule has 4 rings (SSSR count). The average molecular weight is 320 g/mol. The summed E-state index contributed by atoms with van der Waals surface area (Å²) in [6.07, 6.45) is 5.61. The molecule has 23 heavy (non-hydrogen) atoms. The monoisotopic (exact) mass is 320 g/mol. The number of ether oxygens (including phenoxy) is 1. The van der Waals surface area contributed by atoms with Gasteiger partial charge in [-0.25, -0.2) is 4.98 Å². The van der Waals surface area contributed by atoms with E-state index in [0.29, 0.717) is 25.7 Å². The van der Waals surface area contributed by atoms with E-state index in [4.69, 9.17) is 4.74 Å². The minimum Gasteiger partial charge on any atom is -0.481 e. The van der Waals surface area contributed by atoms with Crippen LogP contribution in [0.2, 0.25) is 0 Å². The summed E-state index contributed by atoms with van der Waals surface area (Å²) < 4.78 is 5.44. The Hall–Kier alpha value is -1.44. The first-order valence-corrected chi connectivity index (χ1v) is 8.43. The van der Waals surface area contributed by atoms with Crippen molar-refractivity contribution in [2.45, 2.75) is 25.4 Å². The molecule has 3 aliphatic rings. The molecule has 1 aromatic heterocycles. The fraction of sp³-hybridized carbons (Fsp3) is 0.750. The molecule has 0 amide bonds. The van der Waals surface area contributed by atoms with Crippen LogP contribution < -0.4 is 0 Å². The summed E-state index contributed by atoms with van der Waals surface area (Å²) in [5.41, 5.74) is -0.620. The van der Waals surface area contributed by atoms with Gasteiger partial charge in [-0.1, -0.05) is 0 Å². The molecule has 0 bridgehead atoms. The van der Waals surface area contributed by atoms with Crippen LogP contribution in [-0.4, -0.2) is 76.3 Å². The van der Waals surface area contributed by atoms with Gasteiger partial charge in [0.2, 0.25) is 0 Å². The molecule has 7 heteroatoms. The maximum atomic E-state index is 12.1. The highest BCUT2D eigenvalue weighted by Crippen LogP contribution is 2.44. The third-order valence-electron chi connectivity index (χ3n) is 5.77. The van der Waals surface area contributed by atoms with Crippen LogP contribution in [0.4, 0.5) is 0 Å². The van der Waals surface area contributed by atoms with E-state index in [1.54, 1.807) is 6.20 Å². The van der Waals surface area contributed by atoms with Crippen LogP contribution in [0, 0.1) is 11.3 Å². The number of fused-ring (bicyclic) bond motifs is 1. The van der Waals surface area contributed by atoms with Gasteiger partial charge in [0.25, 0.3) is 0 Å². The van der Waals surface area contributed by atoms with Gasteiger partial charge < -0.3 is 14.8 Å². The SMILES string of the molecule is O=C(O)[C@]12CN(Cc3ncc[nH]3)C[C@H]1CN(C1CCOCC1)C2. The van der Waals surface area contributed by atoms with Crippen molar-refractivity contribution in [3.8, 4) is 0 Å². The number of H-pyrrole nitrogens is 1. The predicted molar refractivity (Wildman–Crippen MR) is 82.8 cm³/mol. The lowest BCUT2D eigenvalue weighted by atomic mass is 9.81. The van der Waals surface area contributed by atoms with E-state index < -0.39 is 11.4 Å². The van der Waals surface area contributed by atoms with Crippen molar-refractivity contribution >= 4 is 5.97 Å². The Balaban J connectivity index is 1.46. The molecule has 7 nitrogen and oxygen atoms in total. The van der Waals surface area contributed by atoms with Crippen molar-refractivity contribution in [3.05, 3.63) is 18.2 Å². The second-order valence-electron chi connectivity index (χ2n) is 7.14. The Kier molecular flexibility index (Phi) is 3.87. The number of aromatic nitrogens is 2. The number of carboxylic acids is 1. The average Bonchev–Trinajstić information content (AvgIpc) is 3.23.